The topological polar surface area (TPSA) is 69.2 Å². The summed E-state index contributed by atoms with van der Waals surface area (Å²) in [5, 5.41) is 0.537. The van der Waals surface area contributed by atoms with Crippen molar-refractivity contribution in [3.05, 3.63) is 69.2 Å². The second-order valence-corrected chi connectivity index (χ2v) is 8.31. The number of aromatic nitrogens is 3. The zero-order valence-corrected chi connectivity index (χ0v) is 17.7. The molecule has 150 valence electrons. The summed E-state index contributed by atoms with van der Waals surface area (Å²) in [7, 11) is 0. The molecule has 0 bridgehead atoms. The van der Waals surface area contributed by atoms with Crippen LogP contribution in [-0.4, -0.2) is 26.1 Å². The van der Waals surface area contributed by atoms with E-state index in [4.69, 9.17) is 4.99 Å². The zero-order valence-electron chi connectivity index (χ0n) is 16.1. The van der Waals surface area contributed by atoms with Gasteiger partial charge >= 0.3 is 0 Å². The quantitative estimate of drug-likeness (QED) is 0.599. The highest BCUT2D eigenvalue weighted by Gasteiger charge is 2.13. The Balaban J connectivity index is 1.55. The minimum Gasteiger partial charge on any atom is -0.298 e. The van der Waals surface area contributed by atoms with Gasteiger partial charge in [-0.05, 0) is 43.2 Å². The fourth-order valence-corrected chi connectivity index (χ4v) is 4.14. The molecule has 1 aromatic carbocycles. The van der Waals surface area contributed by atoms with Gasteiger partial charge in [-0.15, -0.1) is 0 Å². The number of carbonyl (C=O) groups is 1. The van der Waals surface area contributed by atoms with E-state index in [0.29, 0.717) is 16.4 Å². The summed E-state index contributed by atoms with van der Waals surface area (Å²) in [5.74, 6) is -0.0820. The van der Waals surface area contributed by atoms with Crippen LogP contribution in [0.5, 0.6) is 0 Å². The molecular formula is C22H23BrN4O2. The molecule has 1 aliphatic rings. The number of aryl methyl sites for hydroxylation is 1. The van der Waals surface area contributed by atoms with Crippen LogP contribution in [-0.2, 0) is 6.54 Å². The molecule has 1 saturated carbocycles. The highest BCUT2D eigenvalue weighted by molar-refractivity contribution is 9.10. The molecule has 2 heterocycles. The van der Waals surface area contributed by atoms with E-state index in [1.54, 1.807) is 22.9 Å². The maximum absolute atomic E-state index is 12.9. The lowest BCUT2D eigenvalue weighted by molar-refractivity contribution is 0.0890. The minimum atomic E-state index is -0.144. The number of halogens is 1. The Labute approximate surface area is 177 Å². The molecule has 0 saturated heterocycles. The average Bonchev–Trinajstić information content (AvgIpc) is 2.74. The number of hydrogen-bond acceptors (Lipinski definition) is 4. The summed E-state index contributed by atoms with van der Waals surface area (Å²) in [6, 6.07) is 11.3. The summed E-state index contributed by atoms with van der Waals surface area (Å²) < 4.78 is 3.92. The number of pyridine rings is 1. The monoisotopic (exact) mass is 454 g/mol. The first-order chi connectivity index (χ1) is 14.1. The maximum Gasteiger partial charge on any atom is 0.261 e. The van der Waals surface area contributed by atoms with Crippen molar-refractivity contribution in [2.24, 2.45) is 4.99 Å². The van der Waals surface area contributed by atoms with Gasteiger partial charge in [0, 0.05) is 23.6 Å². The molecule has 0 N–H and O–H groups in total. The Morgan fingerprint density at radius 3 is 2.83 bits per heavy atom. The average molecular weight is 455 g/mol. The predicted molar refractivity (Wildman–Crippen MR) is 116 cm³/mol. The number of benzene rings is 1. The van der Waals surface area contributed by atoms with Gasteiger partial charge in [0.2, 0.25) is 5.91 Å². The number of hydrogen-bond donors (Lipinski definition) is 0. The van der Waals surface area contributed by atoms with Crippen LogP contribution >= 0.6 is 15.9 Å². The molecular weight excluding hydrogens is 432 g/mol. The summed E-state index contributed by atoms with van der Waals surface area (Å²) in [6.07, 6.45) is 9.28. The largest absolute Gasteiger partial charge is 0.298 e. The third-order valence-corrected chi connectivity index (χ3v) is 5.84. The fraction of sp³-hybridized carbons (Fsp3) is 0.364. The number of rotatable bonds is 4. The van der Waals surface area contributed by atoms with E-state index in [0.717, 1.165) is 17.3 Å². The van der Waals surface area contributed by atoms with Crippen molar-refractivity contribution in [2.75, 3.05) is 0 Å². The molecule has 0 unspecified atom stereocenters. The maximum atomic E-state index is 12.9. The minimum absolute atomic E-state index is 0.0820. The van der Waals surface area contributed by atoms with E-state index in [-0.39, 0.29) is 30.5 Å². The fourth-order valence-electron chi connectivity index (χ4n) is 3.77. The van der Waals surface area contributed by atoms with Crippen molar-refractivity contribution in [3.8, 4) is 0 Å². The lowest BCUT2D eigenvalue weighted by atomic mass is 9.96. The molecule has 29 heavy (non-hydrogen) atoms. The molecule has 0 aliphatic heterocycles. The van der Waals surface area contributed by atoms with Crippen molar-refractivity contribution >= 4 is 32.7 Å². The van der Waals surface area contributed by atoms with Crippen LogP contribution in [0.25, 0.3) is 10.9 Å². The van der Waals surface area contributed by atoms with Crippen molar-refractivity contribution in [2.45, 2.75) is 51.1 Å². The molecule has 7 heteroatoms. The van der Waals surface area contributed by atoms with Crippen molar-refractivity contribution < 1.29 is 4.79 Å². The van der Waals surface area contributed by atoms with Crippen LogP contribution in [0, 0.1) is 0 Å². The Hall–Kier alpha value is -2.54. The van der Waals surface area contributed by atoms with Gasteiger partial charge in [-0.25, -0.2) is 4.98 Å². The van der Waals surface area contributed by atoms with Crippen LogP contribution < -0.4 is 11.0 Å². The van der Waals surface area contributed by atoms with Gasteiger partial charge in [-0.1, -0.05) is 41.3 Å². The molecule has 2 aromatic heterocycles. The van der Waals surface area contributed by atoms with Gasteiger partial charge in [0.15, 0.2) is 0 Å². The molecule has 1 fully saturated rings. The molecule has 4 rings (SSSR count). The van der Waals surface area contributed by atoms with Gasteiger partial charge in [0.05, 0.1) is 23.3 Å². The standard InChI is InChI=1S/C22H23BrN4O2/c23-16-9-10-19-18(14-16)22(29)26(15-24-19)13-11-21(28)27-12-5-4-8-20(27)25-17-6-2-1-3-7-17/h4-5,8-10,12,14-15,17H,1-3,6-7,11,13H2. The molecule has 0 radical (unpaired) electrons. The van der Waals surface area contributed by atoms with Crippen molar-refractivity contribution in [1.82, 2.24) is 14.1 Å². The lowest BCUT2D eigenvalue weighted by Gasteiger charge is -2.17. The molecule has 6 nitrogen and oxygen atoms in total. The van der Waals surface area contributed by atoms with E-state index >= 15 is 0 Å². The van der Waals surface area contributed by atoms with Gasteiger partial charge in [-0.2, -0.15) is 0 Å². The molecule has 0 spiro atoms. The van der Waals surface area contributed by atoms with Crippen molar-refractivity contribution in [3.63, 3.8) is 0 Å². The van der Waals surface area contributed by atoms with Crippen LogP contribution in [0.3, 0.4) is 0 Å². The first kappa shape index (κ1) is 19.8. The highest BCUT2D eigenvalue weighted by Crippen LogP contribution is 2.19. The molecule has 3 aromatic rings. The third-order valence-electron chi connectivity index (χ3n) is 5.35. The van der Waals surface area contributed by atoms with Gasteiger partial charge in [0.1, 0.15) is 5.49 Å². The van der Waals surface area contributed by atoms with E-state index in [2.05, 4.69) is 20.9 Å². The van der Waals surface area contributed by atoms with E-state index < -0.39 is 0 Å². The van der Waals surface area contributed by atoms with Crippen molar-refractivity contribution in [1.29, 1.82) is 0 Å². The van der Waals surface area contributed by atoms with E-state index in [9.17, 15) is 9.59 Å². The van der Waals surface area contributed by atoms with Gasteiger partial charge in [0.25, 0.3) is 5.56 Å². The molecule has 0 atom stereocenters. The first-order valence-corrected chi connectivity index (χ1v) is 10.8. The smallest absolute Gasteiger partial charge is 0.261 e. The summed E-state index contributed by atoms with van der Waals surface area (Å²) >= 11 is 3.39. The number of fused-ring (bicyclic) bond motifs is 1. The second-order valence-electron chi connectivity index (χ2n) is 7.40. The van der Waals surface area contributed by atoms with Crippen LogP contribution in [0.4, 0.5) is 0 Å². The summed E-state index contributed by atoms with van der Waals surface area (Å²) in [5.41, 5.74) is 1.19. The predicted octanol–water partition coefficient (Wildman–Crippen LogP) is 3.92. The SMILES string of the molecule is O=C(CCn1cnc2ccc(Br)cc2c1=O)n1ccccc1=NC1CCCCC1. The normalized spacial score (nSPS) is 15.7. The van der Waals surface area contributed by atoms with Gasteiger partial charge in [-0.3, -0.25) is 23.7 Å². The van der Waals surface area contributed by atoms with E-state index in [1.807, 2.05) is 24.3 Å². The Bertz CT molecular complexity index is 1160. The Kier molecular flexibility index (Phi) is 6.04. The lowest BCUT2D eigenvalue weighted by Crippen LogP contribution is -2.30. The molecule has 1 aliphatic carbocycles. The van der Waals surface area contributed by atoms with Crippen LogP contribution in [0.1, 0.15) is 43.3 Å². The summed E-state index contributed by atoms with van der Waals surface area (Å²) in [4.78, 5) is 34.7. The number of carbonyl (C=O) groups excluding carboxylic acids is 1. The number of nitrogens with zero attached hydrogens (tertiary/aromatic N) is 4. The Morgan fingerprint density at radius 2 is 2.00 bits per heavy atom. The first-order valence-electron chi connectivity index (χ1n) is 10.0. The second kappa shape index (κ2) is 8.86. The highest BCUT2D eigenvalue weighted by atomic mass is 79.9. The third kappa shape index (κ3) is 4.56. The van der Waals surface area contributed by atoms with Crippen LogP contribution in [0.2, 0.25) is 0 Å². The van der Waals surface area contributed by atoms with Crippen LogP contribution in [0.15, 0.2) is 63.2 Å². The van der Waals surface area contributed by atoms with E-state index in [1.165, 1.54) is 30.2 Å². The summed E-state index contributed by atoms with van der Waals surface area (Å²) in [6.45, 7) is 0.276. The Morgan fingerprint density at radius 1 is 1.17 bits per heavy atom. The van der Waals surface area contributed by atoms with Gasteiger partial charge < -0.3 is 0 Å². The zero-order chi connectivity index (χ0) is 20.2. The molecule has 0 amide bonds.